The van der Waals surface area contributed by atoms with Gasteiger partial charge >= 0.3 is 5.97 Å². The van der Waals surface area contributed by atoms with Crippen LogP contribution in [-0.2, 0) is 14.4 Å². The van der Waals surface area contributed by atoms with E-state index in [0.717, 1.165) is 6.08 Å². The van der Waals surface area contributed by atoms with Crippen LogP contribution in [0.3, 0.4) is 0 Å². The SMILES string of the molecule is CC(O)CCC(=O)NNC(=O)/C=C\C(=O)O. The van der Waals surface area contributed by atoms with Gasteiger partial charge < -0.3 is 10.2 Å². The van der Waals surface area contributed by atoms with Gasteiger partial charge in [0.15, 0.2) is 0 Å². The first-order valence-corrected chi connectivity index (χ1v) is 4.59. The van der Waals surface area contributed by atoms with Crippen molar-refractivity contribution in [3.05, 3.63) is 12.2 Å². The maximum atomic E-state index is 11.0. The lowest BCUT2D eigenvalue weighted by Gasteiger charge is -2.06. The molecular formula is C9H14N2O5. The number of nitrogens with one attached hydrogen (secondary N) is 2. The van der Waals surface area contributed by atoms with Crippen molar-refractivity contribution in [2.75, 3.05) is 0 Å². The molecule has 0 heterocycles. The van der Waals surface area contributed by atoms with E-state index in [0.29, 0.717) is 6.08 Å². The summed E-state index contributed by atoms with van der Waals surface area (Å²) in [4.78, 5) is 31.9. The number of carbonyl (C=O) groups is 3. The molecular weight excluding hydrogens is 216 g/mol. The minimum atomic E-state index is -1.25. The molecule has 0 aromatic heterocycles. The molecule has 7 nitrogen and oxygen atoms in total. The van der Waals surface area contributed by atoms with Gasteiger partial charge in [-0.2, -0.15) is 0 Å². The lowest BCUT2D eigenvalue weighted by atomic mass is 10.2. The first-order valence-electron chi connectivity index (χ1n) is 4.59. The standard InChI is InChI=1S/C9H14N2O5/c1-6(12)2-3-7(13)10-11-8(14)4-5-9(15)16/h4-6,12H,2-3H2,1H3,(H,10,13)(H,11,14)(H,15,16)/b5-4-. The second kappa shape index (κ2) is 7.41. The van der Waals surface area contributed by atoms with Gasteiger partial charge in [-0.25, -0.2) is 4.79 Å². The van der Waals surface area contributed by atoms with Gasteiger partial charge in [0, 0.05) is 18.6 Å². The maximum Gasteiger partial charge on any atom is 0.328 e. The fraction of sp³-hybridized carbons (Fsp3) is 0.444. The minimum absolute atomic E-state index is 0.0700. The van der Waals surface area contributed by atoms with E-state index < -0.39 is 23.9 Å². The summed E-state index contributed by atoms with van der Waals surface area (Å²) >= 11 is 0. The molecule has 0 saturated heterocycles. The van der Waals surface area contributed by atoms with Gasteiger partial charge in [-0.1, -0.05) is 0 Å². The van der Waals surface area contributed by atoms with Gasteiger partial charge in [0.05, 0.1) is 6.10 Å². The van der Waals surface area contributed by atoms with Gasteiger partial charge in [-0.05, 0) is 13.3 Å². The van der Waals surface area contributed by atoms with Crippen molar-refractivity contribution in [3.63, 3.8) is 0 Å². The number of carboxylic acid groups (broad SMARTS) is 1. The summed E-state index contributed by atoms with van der Waals surface area (Å²) in [5.41, 5.74) is 4.06. The molecule has 0 aliphatic carbocycles. The van der Waals surface area contributed by atoms with Crippen LogP contribution in [0.2, 0.25) is 0 Å². The predicted octanol–water partition coefficient (Wildman–Crippen LogP) is -1.06. The molecule has 0 aromatic carbocycles. The van der Waals surface area contributed by atoms with Gasteiger partial charge in [0.2, 0.25) is 5.91 Å². The number of aliphatic carboxylic acids is 1. The average molecular weight is 230 g/mol. The Bertz CT molecular complexity index is 298. The van der Waals surface area contributed by atoms with Crippen LogP contribution >= 0.6 is 0 Å². The zero-order valence-electron chi connectivity index (χ0n) is 8.77. The molecule has 1 unspecified atom stereocenters. The molecule has 4 N–H and O–H groups in total. The number of aliphatic hydroxyl groups is 1. The number of amides is 2. The highest BCUT2D eigenvalue weighted by Crippen LogP contribution is 1.94. The van der Waals surface area contributed by atoms with Crippen molar-refractivity contribution in [2.45, 2.75) is 25.9 Å². The summed E-state index contributed by atoms with van der Waals surface area (Å²) in [5.74, 6) is -2.46. The molecule has 0 aliphatic rings. The van der Waals surface area contributed by atoms with E-state index in [4.69, 9.17) is 10.2 Å². The Hall–Kier alpha value is -1.89. The highest BCUT2D eigenvalue weighted by atomic mass is 16.4. The first kappa shape index (κ1) is 14.1. The molecule has 90 valence electrons. The molecule has 0 saturated carbocycles. The molecule has 0 spiro atoms. The number of rotatable bonds is 5. The van der Waals surface area contributed by atoms with Crippen molar-refractivity contribution >= 4 is 17.8 Å². The molecule has 0 aromatic rings. The minimum Gasteiger partial charge on any atom is -0.478 e. The van der Waals surface area contributed by atoms with E-state index in [1.165, 1.54) is 0 Å². The second-order valence-electron chi connectivity index (χ2n) is 3.10. The summed E-state index contributed by atoms with van der Waals surface area (Å²) in [5, 5.41) is 17.1. The third-order valence-electron chi connectivity index (χ3n) is 1.49. The molecule has 0 radical (unpaired) electrons. The Morgan fingerprint density at radius 3 is 2.38 bits per heavy atom. The van der Waals surface area contributed by atoms with Crippen LogP contribution in [-0.4, -0.2) is 34.1 Å². The lowest BCUT2D eigenvalue weighted by Crippen LogP contribution is -2.40. The van der Waals surface area contributed by atoms with Crippen molar-refractivity contribution in [1.29, 1.82) is 0 Å². The van der Waals surface area contributed by atoms with E-state index in [1.54, 1.807) is 6.92 Å². The van der Waals surface area contributed by atoms with Crippen molar-refractivity contribution < 1.29 is 24.6 Å². The summed E-state index contributed by atoms with van der Waals surface area (Å²) in [6.07, 6.45) is 1.19. The molecule has 0 bridgehead atoms. The summed E-state index contributed by atoms with van der Waals surface area (Å²) < 4.78 is 0. The summed E-state index contributed by atoms with van der Waals surface area (Å²) in [6.45, 7) is 1.54. The van der Waals surface area contributed by atoms with Crippen LogP contribution in [0.4, 0.5) is 0 Å². The quantitative estimate of drug-likeness (QED) is 0.355. The normalized spacial score (nSPS) is 12.1. The van der Waals surface area contributed by atoms with Crippen LogP contribution in [0.1, 0.15) is 19.8 Å². The Kier molecular flexibility index (Phi) is 6.53. The van der Waals surface area contributed by atoms with Crippen molar-refractivity contribution in [2.24, 2.45) is 0 Å². The number of hydrogen-bond acceptors (Lipinski definition) is 4. The number of carbonyl (C=O) groups excluding carboxylic acids is 2. The zero-order valence-corrected chi connectivity index (χ0v) is 8.77. The third-order valence-corrected chi connectivity index (χ3v) is 1.49. The fourth-order valence-electron chi connectivity index (χ4n) is 0.722. The first-order chi connectivity index (χ1) is 7.41. The topological polar surface area (TPSA) is 116 Å². The molecule has 16 heavy (non-hydrogen) atoms. The number of hydrazine groups is 1. The monoisotopic (exact) mass is 230 g/mol. The predicted molar refractivity (Wildman–Crippen MR) is 54.0 cm³/mol. The Balaban J connectivity index is 3.75. The van der Waals surface area contributed by atoms with E-state index in [9.17, 15) is 14.4 Å². The lowest BCUT2D eigenvalue weighted by molar-refractivity contribution is -0.131. The van der Waals surface area contributed by atoms with Gasteiger partial charge in [0.1, 0.15) is 0 Å². The van der Waals surface area contributed by atoms with Gasteiger partial charge in [-0.15, -0.1) is 0 Å². The maximum absolute atomic E-state index is 11.0. The zero-order chi connectivity index (χ0) is 12.6. The molecule has 2 amide bonds. The van der Waals surface area contributed by atoms with Gasteiger partial charge in [0.25, 0.3) is 5.91 Å². The van der Waals surface area contributed by atoms with Gasteiger partial charge in [-0.3, -0.25) is 20.4 Å². The number of aliphatic hydroxyl groups excluding tert-OH is 1. The Morgan fingerprint density at radius 1 is 1.25 bits per heavy atom. The smallest absolute Gasteiger partial charge is 0.328 e. The highest BCUT2D eigenvalue weighted by Gasteiger charge is 2.04. The highest BCUT2D eigenvalue weighted by molar-refractivity contribution is 5.94. The Morgan fingerprint density at radius 2 is 1.88 bits per heavy atom. The molecule has 0 aliphatic heterocycles. The van der Waals surface area contributed by atoms with E-state index in [2.05, 4.69) is 5.43 Å². The van der Waals surface area contributed by atoms with Crippen molar-refractivity contribution in [3.8, 4) is 0 Å². The van der Waals surface area contributed by atoms with E-state index in [-0.39, 0.29) is 12.8 Å². The summed E-state index contributed by atoms with van der Waals surface area (Å²) in [6, 6.07) is 0. The number of hydrogen-bond donors (Lipinski definition) is 4. The second-order valence-corrected chi connectivity index (χ2v) is 3.10. The number of carboxylic acids is 1. The largest absolute Gasteiger partial charge is 0.478 e. The molecule has 7 heteroatoms. The van der Waals surface area contributed by atoms with Crippen LogP contribution in [0.25, 0.3) is 0 Å². The average Bonchev–Trinajstić information content (AvgIpc) is 2.20. The van der Waals surface area contributed by atoms with Crippen LogP contribution in [0.15, 0.2) is 12.2 Å². The van der Waals surface area contributed by atoms with E-state index >= 15 is 0 Å². The molecule has 0 fully saturated rings. The van der Waals surface area contributed by atoms with Crippen LogP contribution in [0, 0.1) is 0 Å². The van der Waals surface area contributed by atoms with Crippen molar-refractivity contribution in [1.82, 2.24) is 10.9 Å². The molecule has 0 rings (SSSR count). The van der Waals surface area contributed by atoms with E-state index in [1.807, 2.05) is 5.43 Å². The third kappa shape index (κ3) is 8.70. The van der Waals surface area contributed by atoms with Crippen LogP contribution < -0.4 is 10.9 Å². The Labute approximate surface area is 92.1 Å². The van der Waals surface area contributed by atoms with Crippen LogP contribution in [0.5, 0.6) is 0 Å². The molecule has 1 atom stereocenters. The fourth-order valence-corrected chi connectivity index (χ4v) is 0.722. The summed E-state index contributed by atoms with van der Waals surface area (Å²) in [7, 11) is 0.